The molecule has 224 valence electrons. The fourth-order valence-electron chi connectivity index (χ4n) is 4.94. The molecule has 0 bridgehead atoms. The molecule has 0 aliphatic rings. The molecule has 0 saturated carbocycles. The number of nitrogen functional groups attached to an aromatic ring is 1. The normalized spacial score (nSPS) is 11.3. The Morgan fingerprint density at radius 2 is 1.74 bits per heavy atom. The standard InChI is InChI=1S/C31H38Cl2N6O3/c1-5-38(6-2)14-8-7-13-35-31-36-19-21-17-23(26-27(32)24(41-3)18-25(42-4)28(26)33)30(40)39(29(21)37-31)15-12-20-10-9-11-22(34)16-20/h9-11,16-19H,5-8,12-15,34H2,1-4H3,(H,35,36,37). The number of ether oxygens (including phenoxy) is 2. The molecule has 42 heavy (non-hydrogen) atoms. The van der Waals surface area contributed by atoms with Crippen molar-refractivity contribution in [3.63, 3.8) is 0 Å². The first-order valence-electron chi connectivity index (χ1n) is 14.1. The molecule has 0 aliphatic heterocycles. The van der Waals surface area contributed by atoms with Gasteiger partial charge in [-0.05, 0) is 62.7 Å². The number of rotatable bonds is 14. The van der Waals surface area contributed by atoms with E-state index in [4.69, 9.17) is 43.4 Å². The first kappa shape index (κ1) is 31.4. The number of benzene rings is 2. The maximum atomic E-state index is 14.2. The molecule has 11 heteroatoms. The molecule has 0 spiro atoms. The van der Waals surface area contributed by atoms with Gasteiger partial charge in [0.25, 0.3) is 5.56 Å². The molecule has 0 aliphatic carbocycles. The van der Waals surface area contributed by atoms with Gasteiger partial charge in [-0.2, -0.15) is 4.98 Å². The molecule has 4 rings (SSSR count). The molecule has 0 unspecified atom stereocenters. The van der Waals surface area contributed by atoms with Gasteiger partial charge < -0.3 is 25.4 Å². The Balaban J connectivity index is 1.75. The third-order valence-corrected chi connectivity index (χ3v) is 8.07. The van der Waals surface area contributed by atoms with Crippen LogP contribution >= 0.6 is 23.2 Å². The molecular weight excluding hydrogens is 575 g/mol. The van der Waals surface area contributed by atoms with Crippen LogP contribution in [0.2, 0.25) is 10.0 Å². The molecule has 0 saturated heterocycles. The van der Waals surface area contributed by atoms with E-state index < -0.39 is 0 Å². The van der Waals surface area contributed by atoms with Crippen molar-refractivity contribution >= 4 is 45.9 Å². The molecule has 2 heterocycles. The second kappa shape index (κ2) is 14.6. The van der Waals surface area contributed by atoms with E-state index in [1.54, 1.807) is 22.9 Å². The van der Waals surface area contributed by atoms with Crippen LogP contribution in [0, 0.1) is 0 Å². The van der Waals surface area contributed by atoms with E-state index in [1.165, 1.54) is 14.2 Å². The Hall–Kier alpha value is -3.53. The zero-order valence-corrected chi connectivity index (χ0v) is 26.1. The molecule has 0 radical (unpaired) electrons. The van der Waals surface area contributed by atoms with Gasteiger partial charge in [-0.1, -0.05) is 49.2 Å². The van der Waals surface area contributed by atoms with E-state index in [9.17, 15) is 4.79 Å². The lowest BCUT2D eigenvalue weighted by molar-refractivity contribution is 0.298. The molecule has 0 atom stereocenters. The quantitative estimate of drug-likeness (QED) is 0.129. The summed E-state index contributed by atoms with van der Waals surface area (Å²) in [6.07, 6.45) is 4.32. The van der Waals surface area contributed by atoms with E-state index >= 15 is 0 Å². The molecule has 3 N–H and O–H groups in total. The summed E-state index contributed by atoms with van der Waals surface area (Å²) in [5.41, 5.74) is 8.50. The largest absolute Gasteiger partial charge is 0.495 e. The smallest absolute Gasteiger partial charge is 0.260 e. The van der Waals surface area contributed by atoms with Crippen molar-refractivity contribution < 1.29 is 9.47 Å². The van der Waals surface area contributed by atoms with Crippen LogP contribution in [-0.4, -0.2) is 59.8 Å². The average Bonchev–Trinajstić information content (AvgIpc) is 2.99. The lowest BCUT2D eigenvalue weighted by Crippen LogP contribution is -2.25. The fraction of sp³-hybridized carbons (Fsp3) is 0.387. The number of aryl methyl sites for hydroxylation is 2. The molecule has 2 aromatic carbocycles. The number of hydrogen-bond acceptors (Lipinski definition) is 8. The summed E-state index contributed by atoms with van der Waals surface area (Å²) in [6.45, 7) is 8.58. The molecule has 2 aromatic heterocycles. The Morgan fingerprint density at radius 1 is 1.02 bits per heavy atom. The summed E-state index contributed by atoms with van der Waals surface area (Å²) in [7, 11) is 2.99. The molecular formula is C31H38Cl2N6O3. The summed E-state index contributed by atoms with van der Waals surface area (Å²) < 4.78 is 12.5. The highest BCUT2D eigenvalue weighted by Crippen LogP contribution is 2.45. The second-order valence-electron chi connectivity index (χ2n) is 9.93. The van der Waals surface area contributed by atoms with Crippen LogP contribution in [0.4, 0.5) is 11.6 Å². The molecule has 0 amide bonds. The topological polar surface area (TPSA) is 108 Å². The van der Waals surface area contributed by atoms with Gasteiger partial charge in [0.15, 0.2) is 0 Å². The number of halogens is 2. The van der Waals surface area contributed by atoms with Gasteiger partial charge in [-0.15, -0.1) is 0 Å². The highest BCUT2D eigenvalue weighted by molar-refractivity contribution is 6.41. The molecule has 4 aromatic rings. The highest BCUT2D eigenvalue weighted by atomic mass is 35.5. The van der Waals surface area contributed by atoms with Crippen molar-refractivity contribution in [3.05, 3.63) is 68.6 Å². The third-order valence-electron chi connectivity index (χ3n) is 7.32. The number of pyridine rings is 1. The van der Waals surface area contributed by atoms with Gasteiger partial charge in [0, 0.05) is 42.0 Å². The number of nitrogens with one attached hydrogen (secondary N) is 1. The number of nitrogens with two attached hydrogens (primary N) is 1. The number of aromatic nitrogens is 3. The zero-order chi connectivity index (χ0) is 30.2. The Kier molecular flexibility index (Phi) is 10.9. The predicted octanol–water partition coefficient (Wildman–Crippen LogP) is 6.14. The summed E-state index contributed by atoms with van der Waals surface area (Å²) in [6, 6.07) is 10.9. The minimum atomic E-state index is -0.297. The van der Waals surface area contributed by atoms with Crippen molar-refractivity contribution in [2.45, 2.75) is 39.7 Å². The number of nitrogens with zero attached hydrogens (tertiary/aromatic N) is 4. The number of fused-ring (bicyclic) bond motifs is 1. The fourth-order valence-corrected chi connectivity index (χ4v) is 5.65. The van der Waals surface area contributed by atoms with E-state index in [1.807, 2.05) is 24.3 Å². The monoisotopic (exact) mass is 612 g/mol. The zero-order valence-electron chi connectivity index (χ0n) is 24.5. The number of methoxy groups -OCH3 is 2. The lowest BCUT2D eigenvalue weighted by Gasteiger charge is -2.18. The number of anilines is 2. The Morgan fingerprint density at radius 3 is 2.38 bits per heavy atom. The lowest BCUT2D eigenvalue weighted by atomic mass is 10.0. The Bertz CT molecular complexity index is 1560. The van der Waals surface area contributed by atoms with Gasteiger partial charge >= 0.3 is 0 Å². The molecule has 9 nitrogen and oxygen atoms in total. The Labute approximate surface area is 256 Å². The number of unbranched alkanes of at least 4 members (excludes halogenated alkanes) is 1. The van der Waals surface area contributed by atoms with Gasteiger partial charge in [-0.25, -0.2) is 4.98 Å². The molecule has 0 fully saturated rings. The maximum absolute atomic E-state index is 14.2. The van der Waals surface area contributed by atoms with E-state index in [0.29, 0.717) is 58.3 Å². The van der Waals surface area contributed by atoms with Gasteiger partial charge in [-0.3, -0.25) is 9.36 Å². The van der Waals surface area contributed by atoms with Crippen molar-refractivity contribution in [2.75, 3.05) is 51.4 Å². The van der Waals surface area contributed by atoms with Crippen molar-refractivity contribution in [2.24, 2.45) is 0 Å². The van der Waals surface area contributed by atoms with Crippen LogP contribution in [0.15, 0.2) is 47.4 Å². The van der Waals surface area contributed by atoms with Crippen LogP contribution in [0.25, 0.3) is 22.2 Å². The second-order valence-corrected chi connectivity index (χ2v) is 10.7. The maximum Gasteiger partial charge on any atom is 0.260 e. The number of hydrogen-bond donors (Lipinski definition) is 2. The third kappa shape index (κ3) is 7.09. The van der Waals surface area contributed by atoms with Crippen molar-refractivity contribution in [1.82, 2.24) is 19.4 Å². The first-order valence-corrected chi connectivity index (χ1v) is 14.9. The average molecular weight is 614 g/mol. The van der Waals surface area contributed by atoms with Crippen LogP contribution in [0.5, 0.6) is 11.5 Å². The van der Waals surface area contributed by atoms with Gasteiger partial charge in [0.1, 0.15) is 17.1 Å². The van der Waals surface area contributed by atoms with Crippen LogP contribution in [0.3, 0.4) is 0 Å². The summed E-state index contributed by atoms with van der Waals surface area (Å²) in [5.74, 6) is 1.15. The van der Waals surface area contributed by atoms with E-state index in [0.717, 1.165) is 44.6 Å². The van der Waals surface area contributed by atoms with Crippen LogP contribution in [0.1, 0.15) is 32.3 Å². The van der Waals surface area contributed by atoms with Crippen LogP contribution < -0.4 is 26.1 Å². The highest BCUT2D eigenvalue weighted by Gasteiger charge is 2.23. The predicted molar refractivity (Wildman–Crippen MR) is 172 cm³/mol. The summed E-state index contributed by atoms with van der Waals surface area (Å²) in [4.78, 5) is 25.9. The van der Waals surface area contributed by atoms with Crippen molar-refractivity contribution in [3.8, 4) is 22.6 Å². The first-order chi connectivity index (χ1) is 20.3. The minimum absolute atomic E-state index is 0.214. The van der Waals surface area contributed by atoms with Gasteiger partial charge in [0.05, 0.1) is 29.8 Å². The van der Waals surface area contributed by atoms with E-state index in [-0.39, 0.29) is 15.6 Å². The SMILES string of the molecule is CCN(CC)CCCCNc1ncc2cc(-c3c(Cl)c(OC)cc(OC)c3Cl)c(=O)n(CCc3cccc(N)c3)c2n1. The van der Waals surface area contributed by atoms with Crippen molar-refractivity contribution in [1.29, 1.82) is 0 Å². The summed E-state index contributed by atoms with van der Waals surface area (Å²) >= 11 is 13.4. The summed E-state index contributed by atoms with van der Waals surface area (Å²) in [5, 5.41) is 4.41. The minimum Gasteiger partial charge on any atom is -0.495 e. The van der Waals surface area contributed by atoms with Crippen LogP contribution in [-0.2, 0) is 13.0 Å². The van der Waals surface area contributed by atoms with Gasteiger partial charge in [0.2, 0.25) is 5.95 Å². The van der Waals surface area contributed by atoms with E-state index in [2.05, 4.69) is 29.0 Å².